The van der Waals surface area contributed by atoms with Crippen molar-refractivity contribution in [3.63, 3.8) is 0 Å². The van der Waals surface area contributed by atoms with E-state index in [2.05, 4.69) is 28.7 Å². The largest absolute Gasteiger partial charge is 0.198 e. The average molecular weight is 277 g/mol. The van der Waals surface area contributed by atoms with Gasteiger partial charge >= 0.3 is 0 Å². The lowest BCUT2D eigenvalue weighted by molar-refractivity contribution is 1.24. The standard InChI is InChI=1S/C8H5ClIN/c9-7-2-1-3-8(10)6(7)4-5-11/h1-3H,4H2. The summed E-state index contributed by atoms with van der Waals surface area (Å²) in [6.07, 6.45) is 0.387. The lowest BCUT2D eigenvalue weighted by Gasteiger charge is -2.00. The highest BCUT2D eigenvalue weighted by Crippen LogP contribution is 2.21. The maximum Gasteiger partial charge on any atom is 0.0670 e. The molecule has 1 nitrogen and oxygen atoms in total. The molecular formula is C8H5ClIN. The molecule has 11 heavy (non-hydrogen) atoms. The first kappa shape index (κ1) is 8.82. The van der Waals surface area contributed by atoms with Crippen molar-refractivity contribution in [1.82, 2.24) is 0 Å². The van der Waals surface area contributed by atoms with Crippen LogP contribution in [0.4, 0.5) is 0 Å². The molecule has 0 aromatic heterocycles. The smallest absolute Gasteiger partial charge is 0.0670 e. The molecule has 0 aliphatic carbocycles. The Bertz CT molecular complexity index is 283. The van der Waals surface area contributed by atoms with E-state index in [4.69, 9.17) is 16.9 Å². The van der Waals surface area contributed by atoms with Gasteiger partial charge in [0, 0.05) is 8.59 Å². The maximum absolute atomic E-state index is 8.46. The van der Waals surface area contributed by atoms with Gasteiger partial charge in [0.15, 0.2) is 0 Å². The van der Waals surface area contributed by atoms with Crippen molar-refractivity contribution in [2.45, 2.75) is 6.42 Å². The Hall–Kier alpha value is -0.270. The summed E-state index contributed by atoms with van der Waals surface area (Å²) in [6, 6.07) is 7.70. The molecule has 0 atom stereocenters. The average Bonchev–Trinajstić information content (AvgIpc) is 1.97. The van der Waals surface area contributed by atoms with Crippen LogP contribution in [0.1, 0.15) is 5.56 Å². The van der Waals surface area contributed by atoms with Gasteiger partial charge in [-0.3, -0.25) is 0 Å². The highest BCUT2D eigenvalue weighted by molar-refractivity contribution is 14.1. The van der Waals surface area contributed by atoms with E-state index in [0.717, 1.165) is 9.13 Å². The third kappa shape index (κ3) is 2.08. The molecule has 1 aromatic rings. The van der Waals surface area contributed by atoms with Gasteiger partial charge in [0.2, 0.25) is 0 Å². The number of rotatable bonds is 1. The summed E-state index contributed by atoms with van der Waals surface area (Å²) in [6.45, 7) is 0. The second-order valence-corrected chi connectivity index (χ2v) is 3.60. The van der Waals surface area contributed by atoms with Crippen LogP contribution >= 0.6 is 34.2 Å². The molecular weight excluding hydrogens is 272 g/mol. The Balaban J connectivity index is 3.12. The minimum absolute atomic E-state index is 0.387. The second-order valence-electron chi connectivity index (χ2n) is 2.04. The van der Waals surface area contributed by atoms with Crippen LogP contribution in [0.25, 0.3) is 0 Å². The number of halogens is 2. The third-order valence-electron chi connectivity index (χ3n) is 1.32. The van der Waals surface area contributed by atoms with Gasteiger partial charge < -0.3 is 0 Å². The van der Waals surface area contributed by atoms with Crippen molar-refractivity contribution in [1.29, 1.82) is 5.26 Å². The zero-order valence-electron chi connectivity index (χ0n) is 5.64. The first-order valence-electron chi connectivity index (χ1n) is 3.05. The first-order chi connectivity index (χ1) is 5.25. The molecule has 3 heteroatoms. The van der Waals surface area contributed by atoms with Gasteiger partial charge in [0.05, 0.1) is 12.5 Å². The fraction of sp³-hybridized carbons (Fsp3) is 0.125. The molecule has 0 aliphatic rings. The van der Waals surface area contributed by atoms with Gasteiger partial charge in [-0.05, 0) is 40.3 Å². The molecule has 0 unspecified atom stereocenters. The molecule has 0 bridgehead atoms. The predicted molar refractivity (Wildman–Crippen MR) is 53.5 cm³/mol. The Morgan fingerprint density at radius 2 is 2.27 bits per heavy atom. The van der Waals surface area contributed by atoms with Crippen LogP contribution in [0, 0.1) is 14.9 Å². The van der Waals surface area contributed by atoms with Crippen molar-refractivity contribution < 1.29 is 0 Å². The number of nitriles is 1. The summed E-state index contributed by atoms with van der Waals surface area (Å²) >= 11 is 8.03. The summed E-state index contributed by atoms with van der Waals surface area (Å²) in [7, 11) is 0. The molecule has 0 amide bonds. The Labute approximate surface area is 84.1 Å². The van der Waals surface area contributed by atoms with Crippen molar-refractivity contribution in [2.24, 2.45) is 0 Å². The molecule has 56 valence electrons. The highest BCUT2D eigenvalue weighted by Gasteiger charge is 2.02. The van der Waals surface area contributed by atoms with Gasteiger partial charge in [0.25, 0.3) is 0 Å². The summed E-state index contributed by atoms with van der Waals surface area (Å²) in [4.78, 5) is 0. The lowest BCUT2D eigenvalue weighted by Crippen LogP contribution is -1.87. The molecule has 0 aliphatic heterocycles. The van der Waals surface area contributed by atoms with Crippen molar-refractivity contribution in [3.8, 4) is 6.07 Å². The molecule has 0 fully saturated rings. The summed E-state index contributed by atoms with van der Waals surface area (Å²) < 4.78 is 1.05. The van der Waals surface area contributed by atoms with Gasteiger partial charge in [-0.25, -0.2) is 0 Å². The van der Waals surface area contributed by atoms with Crippen LogP contribution < -0.4 is 0 Å². The molecule has 0 saturated carbocycles. The van der Waals surface area contributed by atoms with Crippen LogP contribution in [0.15, 0.2) is 18.2 Å². The SMILES string of the molecule is N#CCc1c(Cl)cccc1I. The lowest BCUT2D eigenvalue weighted by atomic mass is 10.2. The number of hydrogen-bond donors (Lipinski definition) is 0. The molecule has 0 spiro atoms. The fourth-order valence-electron chi connectivity index (χ4n) is 0.780. The van der Waals surface area contributed by atoms with Crippen molar-refractivity contribution in [3.05, 3.63) is 32.4 Å². The number of hydrogen-bond acceptors (Lipinski definition) is 1. The third-order valence-corrected chi connectivity index (χ3v) is 2.68. The highest BCUT2D eigenvalue weighted by atomic mass is 127. The molecule has 0 heterocycles. The van der Waals surface area contributed by atoms with E-state index in [1.807, 2.05) is 12.1 Å². The van der Waals surface area contributed by atoms with E-state index in [1.165, 1.54) is 0 Å². The van der Waals surface area contributed by atoms with Crippen LogP contribution in [-0.4, -0.2) is 0 Å². The minimum Gasteiger partial charge on any atom is -0.198 e. The quantitative estimate of drug-likeness (QED) is 0.724. The van der Waals surface area contributed by atoms with Gasteiger partial charge in [-0.15, -0.1) is 0 Å². The maximum atomic E-state index is 8.46. The van der Waals surface area contributed by atoms with E-state index < -0.39 is 0 Å². The number of benzene rings is 1. The molecule has 1 aromatic carbocycles. The van der Waals surface area contributed by atoms with Crippen molar-refractivity contribution in [2.75, 3.05) is 0 Å². The van der Waals surface area contributed by atoms with Crippen LogP contribution in [0.5, 0.6) is 0 Å². The molecule has 0 saturated heterocycles. The summed E-state index contributed by atoms with van der Waals surface area (Å²) in [5, 5.41) is 9.14. The van der Waals surface area contributed by atoms with Crippen LogP contribution in [0.3, 0.4) is 0 Å². The van der Waals surface area contributed by atoms with Crippen LogP contribution in [0.2, 0.25) is 5.02 Å². The second kappa shape index (κ2) is 3.93. The van der Waals surface area contributed by atoms with Gasteiger partial charge in [0.1, 0.15) is 0 Å². The fourth-order valence-corrected chi connectivity index (χ4v) is 1.87. The monoisotopic (exact) mass is 277 g/mol. The summed E-state index contributed by atoms with van der Waals surface area (Å²) in [5.41, 5.74) is 0.928. The normalized spacial score (nSPS) is 9.18. The van der Waals surface area contributed by atoms with Crippen molar-refractivity contribution >= 4 is 34.2 Å². The molecule has 0 radical (unpaired) electrons. The van der Waals surface area contributed by atoms with E-state index in [9.17, 15) is 0 Å². The minimum atomic E-state index is 0.387. The van der Waals surface area contributed by atoms with Gasteiger partial charge in [-0.1, -0.05) is 17.7 Å². The summed E-state index contributed by atoms with van der Waals surface area (Å²) in [5.74, 6) is 0. The number of nitrogens with zero attached hydrogens (tertiary/aromatic N) is 1. The van der Waals surface area contributed by atoms with E-state index in [1.54, 1.807) is 6.07 Å². The Morgan fingerprint density at radius 3 is 2.82 bits per heavy atom. The topological polar surface area (TPSA) is 23.8 Å². The Kier molecular flexibility index (Phi) is 3.16. The first-order valence-corrected chi connectivity index (χ1v) is 4.51. The van der Waals surface area contributed by atoms with Crippen LogP contribution in [-0.2, 0) is 6.42 Å². The molecule has 0 N–H and O–H groups in total. The molecule has 1 rings (SSSR count). The predicted octanol–water partition coefficient (Wildman–Crippen LogP) is 3.01. The Morgan fingerprint density at radius 1 is 1.55 bits per heavy atom. The zero-order chi connectivity index (χ0) is 8.27. The zero-order valence-corrected chi connectivity index (χ0v) is 8.56. The van der Waals surface area contributed by atoms with E-state index >= 15 is 0 Å². The van der Waals surface area contributed by atoms with Gasteiger partial charge in [-0.2, -0.15) is 5.26 Å². The van der Waals surface area contributed by atoms with E-state index in [0.29, 0.717) is 11.4 Å². The van der Waals surface area contributed by atoms with E-state index in [-0.39, 0.29) is 0 Å².